The van der Waals surface area contributed by atoms with Crippen LogP contribution in [0.25, 0.3) is 0 Å². The van der Waals surface area contributed by atoms with Crippen LogP contribution in [0, 0.1) is 0 Å². The average Bonchev–Trinajstić information content (AvgIpc) is 3.26. The van der Waals surface area contributed by atoms with Gasteiger partial charge in [-0.2, -0.15) is 0 Å². The Morgan fingerprint density at radius 2 is 0.844 bits per heavy atom. The molecule has 358 valence electrons. The first-order valence-electron chi connectivity index (χ1n) is 24.2. The minimum Gasteiger partial charge on any atom is -0.477 e. The number of carboxylic acid groups (broad SMARTS) is 1. The Morgan fingerprint density at radius 3 is 1.25 bits per heavy atom. The predicted molar refractivity (Wildman–Crippen MR) is 270 cm³/mol. The molecule has 2 unspecified atom stereocenters. The van der Waals surface area contributed by atoms with Crippen molar-refractivity contribution in [3.63, 3.8) is 0 Å². The number of hydrogen-bond acceptors (Lipinski definition) is 6. The summed E-state index contributed by atoms with van der Waals surface area (Å²) in [6.45, 7) is 4.39. The highest BCUT2D eigenvalue weighted by Crippen LogP contribution is 2.11. The minimum atomic E-state index is -0.894. The number of carbonyl (C=O) groups excluding carboxylic acids is 2. The number of hydrogen-bond donors (Lipinski definition) is 1. The average molecular weight is 887 g/mol. The first-order valence-corrected chi connectivity index (χ1v) is 24.2. The van der Waals surface area contributed by atoms with Gasteiger partial charge in [0, 0.05) is 19.3 Å². The predicted octanol–water partition coefficient (Wildman–Crippen LogP) is 14.0. The molecule has 8 nitrogen and oxygen atoms in total. The number of unbranched alkanes of at least 4 members (excludes halogenated alkanes) is 5. The van der Waals surface area contributed by atoms with E-state index in [-0.39, 0.29) is 42.7 Å². The number of quaternary nitrogens is 1. The fourth-order valence-corrected chi connectivity index (χ4v) is 6.13. The second-order valence-electron chi connectivity index (χ2n) is 16.6. The van der Waals surface area contributed by atoms with Gasteiger partial charge in [-0.15, -0.1) is 0 Å². The summed E-state index contributed by atoms with van der Waals surface area (Å²) in [4.78, 5) is 37.1. The summed E-state index contributed by atoms with van der Waals surface area (Å²) >= 11 is 0. The van der Waals surface area contributed by atoms with Crippen molar-refractivity contribution >= 4 is 17.9 Å². The van der Waals surface area contributed by atoms with E-state index in [4.69, 9.17) is 14.2 Å². The van der Waals surface area contributed by atoms with Gasteiger partial charge < -0.3 is 23.8 Å². The van der Waals surface area contributed by atoms with E-state index >= 15 is 0 Å². The second kappa shape index (κ2) is 45.1. The molecule has 0 saturated heterocycles. The lowest BCUT2D eigenvalue weighted by atomic mass is 10.1. The van der Waals surface area contributed by atoms with Crippen molar-refractivity contribution in [1.29, 1.82) is 0 Å². The molecule has 8 heteroatoms. The third kappa shape index (κ3) is 42.8. The zero-order valence-corrected chi connectivity index (χ0v) is 40.7. The van der Waals surface area contributed by atoms with E-state index in [9.17, 15) is 19.5 Å². The molecule has 0 aromatic rings. The van der Waals surface area contributed by atoms with Gasteiger partial charge >= 0.3 is 17.9 Å². The molecule has 0 aliphatic carbocycles. The smallest absolute Gasteiger partial charge is 0.362 e. The van der Waals surface area contributed by atoms with Crippen LogP contribution in [0.4, 0.5) is 0 Å². The third-order valence-electron chi connectivity index (χ3n) is 9.80. The molecule has 0 spiro atoms. The quantitative estimate of drug-likeness (QED) is 0.0282. The Hall–Kier alpha value is -4.53. The number of carbonyl (C=O) groups is 3. The van der Waals surface area contributed by atoms with Crippen LogP contribution >= 0.6 is 0 Å². The molecule has 0 amide bonds. The van der Waals surface area contributed by atoms with Crippen LogP contribution in [0.3, 0.4) is 0 Å². The fourth-order valence-electron chi connectivity index (χ4n) is 6.13. The first kappa shape index (κ1) is 59.5. The number of nitrogens with zero attached hydrogens (tertiary/aromatic N) is 1. The normalized spacial score (nSPS) is 14.1. The topological polar surface area (TPSA) is 99.1 Å². The maximum Gasteiger partial charge on any atom is 0.362 e. The number of allylic oxidation sites excluding steroid dienone is 22. The molecule has 2 atom stereocenters. The lowest BCUT2D eigenvalue weighted by Crippen LogP contribution is -2.50. The van der Waals surface area contributed by atoms with Crippen LogP contribution in [-0.2, 0) is 28.6 Å². The van der Waals surface area contributed by atoms with Gasteiger partial charge in [-0.3, -0.25) is 9.59 Å². The zero-order chi connectivity index (χ0) is 47.0. The van der Waals surface area contributed by atoms with Crippen molar-refractivity contribution in [2.45, 2.75) is 161 Å². The summed E-state index contributed by atoms with van der Waals surface area (Å²) in [7, 11) is 5.49. The molecule has 0 aliphatic heterocycles. The highest BCUT2D eigenvalue weighted by Gasteiger charge is 2.31. The summed E-state index contributed by atoms with van der Waals surface area (Å²) in [6, 6.07) is -0.639. The lowest BCUT2D eigenvalue weighted by molar-refractivity contribution is -0.887. The SMILES string of the molecule is CC/C=C/C/C=C/C/C=C/C/C=C/C/C=C/C/C=C/CCCC(=O)OC(COCCC(C(=O)O)[N+](C)(C)C)COC(=O)CCCCCC/C=C/C/C=C/C/C=C/C/C=C/C/C=C/CC. The Kier molecular flexibility index (Phi) is 41.9. The van der Waals surface area contributed by atoms with Crippen molar-refractivity contribution in [1.82, 2.24) is 0 Å². The van der Waals surface area contributed by atoms with Gasteiger partial charge in [0.2, 0.25) is 0 Å². The van der Waals surface area contributed by atoms with Gasteiger partial charge in [0.25, 0.3) is 0 Å². The first-order chi connectivity index (χ1) is 31.1. The molecule has 0 fully saturated rings. The molecular formula is C56H88NO7+. The van der Waals surface area contributed by atoms with Gasteiger partial charge in [0.15, 0.2) is 12.1 Å². The van der Waals surface area contributed by atoms with E-state index in [1.807, 2.05) is 21.1 Å². The molecule has 1 N–H and O–H groups in total. The lowest BCUT2D eigenvalue weighted by Gasteiger charge is -2.31. The summed E-state index contributed by atoms with van der Waals surface area (Å²) < 4.78 is 17.2. The largest absolute Gasteiger partial charge is 0.477 e. The molecular weight excluding hydrogens is 799 g/mol. The highest BCUT2D eigenvalue weighted by atomic mass is 16.6. The van der Waals surface area contributed by atoms with E-state index in [0.717, 1.165) is 109 Å². The van der Waals surface area contributed by atoms with E-state index < -0.39 is 18.1 Å². The van der Waals surface area contributed by atoms with Crippen molar-refractivity contribution in [2.24, 2.45) is 0 Å². The van der Waals surface area contributed by atoms with E-state index in [1.165, 1.54) is 0 Å². The Labute approximate surface area is 390 Å². The number of rotatable bonds is 41. The van der Waals surface area contributed by atoms with Gasteiger partial charge in [0.05, 0.1) is 34.4 Å². The van der Waals surface area contributed by atoms with E-state index in [0.29, 0.717) is 19.3 Å². The van der Waals surface area contributed by atoms with Gasteiger partial charge in [-0.25, -0.2) is 4.79 Å². The number of esters is 2. The third-order valence-corrected chi connectivity index (χ3v) is 9.80. The van der Waals surface area contributed by atoms with Crippen molar-refractivity contribution in [3.8, 4) is 0 Å². The van der Waals surface area contributed by atoms with Gasteiger partial charge in [-0.1, -0.05) is 160 Å². The van der Waals surface area contributed by atoms with Crippen molar-refractivity contribution < 1.29 is 38.2 Å². The summed E-state index contributed by atoms with van der Waals surface area (Å²) in [5.74, 6) is -1.60. The maximum atomic E-state index is 12.8. The molecule has 0 aromatic carbocycles. The Balaban J connectivity index is 4.48. The minimum absolute atomic E-state index is 0.0193. The second-order valence-corrected chi connectivity index (χ2v) is 16.6. The molecule has 0 aliphatic rings. The Morgan fingerprint density at radius 1 is 0.469 bits per heavy atom. The highest BCUT2D eigenvalue weighted by molar-refractivity contribution is 5.72. The molecule has 0 radical (unpaired) electrons. The molecule has 0 aromatic heterocycles. The van der Waals surface area contributed by atoms with Crippen LogP contribution in [-0.4, -0.2) is 80.6 Å². The molecule has 0 bridgehead atoms. The van der Waals surface area contributed by atoms with Gasteiger partial charge in [-0.05, 0) is 103 Å². The fraction of sp³-hybridized carbons (Fsp3) is 0.554. The summed E-state index contributed by atoms with van der Waals surface area (Å²) in [5.41, 5.74) is 0. The number of aliphatic carboxylic acids is 1. The van der Waals surface area contributed by atoms with Crippen LogP contribution in [0.15, 0.2) is 134 Å². The molecule has 0 saturated carbocycles. The van der Waals surface area contributed by atoms with Crippen LogP contribution < -0.4 is 0 Å². The standard InChI is InChI=1S/C56H87NO7/c1-6-8-10-12-14-16-18-20-22-24-26-28-30-32-34-36-38-40-42-44-46-54(58)63-51-52(50-62-49-48-53(56(60)61)57(3,4)5)64-55(59)47-45-43-41-39-37-35-33-31-29-27-25-23-21-19-17-15-13-11-9-7-2/h8-11,14-17,20-23,26-29,32-35,39,41,52-53H,6-7,12-13,18-19,24-25,30-31,36-38,40,42-51H2,1-5H3/p+1/b10-8+,11-9+,16-14+,17-15+,22-20+,23-21+,28-26+,29-27+,34-32+,35-33+,41-39+. The van der Waals surface area contributed by atoms with Crippen LogP contribution in [0.1, 0.15) is 149 Å². The number of likely N-dealkylation sites (N-methyl/N-ethyl adjacent to an activating group) is 1. The molecule has 64 heavy (non-hydrogen) atoms. The molecule has 0 rings (SSSR count). The monoisotopic (exact) mass is 887 g/mol. The number of carboxylic acids is 1. The van der Waals surface area contributed by atoms with E-state index in [2.05, 4.69) is 148 Å². The van der Waals surface area contributed by atoms with Crippen molar-refractivity contribution in [2.75, 3.05) is 41.0 Å². The number of ether oxygens (including phenoxy) is 3. The van der Waals surface area contributed by atoms with Gasteiger partial charge in [0.1, 0.15) is 6.61 Å². The van der Waals surface area contributed by atoms with Crippen molar-refractivity contribution in [3.05, 3.63) is 134 Å². The van der Waals surface area contributed by atoms with Crippen LogP contribution in [0.2, 0.25) is 0 Å². The molecule has 0 heterocycles. The van der Waals surface area contributed by atoms with Crippen LogP contribution in [0.5, 0.6) is 0 Å². The summed E-state index contributed by atoms with van der Waals surface area (Å²) in [5, 5.41) is 9.64. The van der Waals surface area contributed by atoms with E-state index in [1.54, 1.807) is 0 Å². The maximum absolute atomic E-state index is 12.8. The zero-order valence-electron chi connectivity index (χ0n) is 40.7. The summed E-state index contributed by atoms with van der Waals surface area (Å²) in [6.07, 6.45) is 65.1. The Bertz CT molecular complexity index is 1500.